The van der Waals surface area contributed by atoms with Gasteiger partial charge in [0.2, 0.25) is 5.91 Å². The molecule has 0 radical (unpaired) electrons. The van der Waals surface area contributed by atoms with Crippen LogP contribution in [0.25, 0.3) is 0 Å². The number of thioether (sulfide) groups is 1. The summed E-state index contributed by atoms with van der Waals surface area (Å²) in [6.45, 7) is 2.76. The van der Waals surface area contributed by atoms with Gasteiger partial charge in [-0.05, 0) is 24.3 Å². The van der Waals surface area contributed by atoms with Gasteiger partial charge in [0.1, 0.15) is 0 Å². The highest BCUT2D eigenvalue weighted by molar-refractivity contribution is 8.13. The van der Waals surface area contributed by atoms with Gasteiger partial charge in [-0.25, -0.2) is 0 Å². The predicted octanol–water partition coefficient (Wildman–Crippen LogP) is 3.31. The van der Waals surface area contributed by atoms with Crippen LogP contribution in [0.5, 0.6) is 0 Å². The fraction of sp³-hybridized carbons (Fsp3) is 0.385. The van der Waals surface area contributed by atoms with Crippen LogP contribution >= 0.6 is 23.4 Å². The Hall–Kier alpha value is -1.00. The molecule has 1 amide bonds. The Bertz CT molecular complexity index is 490. The normalized spacial score (nSPS) is 22.7. The SMILES string of the molecule is CSC1=NCC(C)C1C(=O)Nc1ccccc1Cl. The maximum atomic E-state index is 12.3. The van der Waals surface area contributed by atoms with Crippen molar-refractivity contribution in [3.05, 3.63) is 29.3 Å². The second kappa shape index (κ2) is 5.76. The topological polar surface area (TPSA) is 41.5 Å². The third kappa shape index (κ3) is 2.70. The first-order valence-electron chi connectivity index (χ1n) is 5.77. The van der Waals surface area contributed by atoms with E-state index in [-0.39, 0.29) is 17.7 Å². The smallest absolute Gasteiger partial charge is 0.234 e. The number of halogens is 1. The number of aliphatic imine (C=N–C) groups is 1. The zero-order valence-electron chi connectivity index (χ0n) is 10.3. The van der Waals surface area contributed by atoms with E-state index in [1.165, 1.54) is 0 Å². The fourth-order valence-electron chi connectivity index (χ4n) is 2.02. The van der Waals surface area contributed by atoms with Gasteiger partial charge < -0.3 is 5.32 Å². The number of carbonyl (C=O) groups is 1. The predicted molar refractivity (Wildman–Crippen MR) is 78.6 cm³/mol. The molecular weight excluding hydrogens is 268 g/mol. The van der Waals surface area contributed by atoms with E-state index in [1.54, 1.807) is 23.9 Å². The molecule has 1 aliphatic heterocycles. The molecule has 96 valence electrons. The van der Waals surface area contributed by atoms with Gasteiger partial charge in [-0.15, -0.1) is 11.8 Å². The minimum atomic E-state index is -0.156. The minimum absolute atomic E-state index is 0.0267. The zero-order valence-corrected chi connectivity index (χ0v) is 11.9. The molecule has 1 aliphatic rings. The molecule has 18 heavy (non-hydrogen) atoms. The van der Waals surface area contributed by atoms with Gasteiger partial charge in [0, 0.05) is 6.54 Å². The van der Waals surface area contributed by atoms with Crippen molar-refractivity contribution in [3.8, 4) is 0 Å². The highest BCUT2D eigenvalue weighted by atomic mass is 35.5. The molecule has 2 unspecified atom stereocenters. The van der Waals surface area contributed by atoms with E-state index in [4.69, 9.17) is 11.6 Å². The molecule has 1 heterocycles. The number of hydrogen-bond acceptors (Lipinski definition) is 3. The molecule has 0 aliphatic carbocycles. The van der Waals surface area contributed by atoms with Crippen LogP contribution in [0.4, 0.5) is 5.69 Å². The highest BCUT2D eigenvalue weighted by Gasteiger charge is 2.34. The number of amides is 1. The van der Waals surface area contributed by atoms with Crippen molar-refractivity contribution in [2.45, 2.75) is 6.92 Å². The summed E-state index contributed by atoms with van der Waals surface area (Å²) in [5.74, 6) is 0.0624. The summed E-state index contributed by atoms with van der Waals surface area (Å²) in [7, 11) is 0. The van der Waals surface area contributed by atoms with Crippen molar-refractivity contribution >= 4 is 40.0 Å². The van der Waals surface area contributed by atoms with Crippen molar-refractivity contribution in [1.29, 1.82) is 0 Å². The molecule has 0 aromatic heterocycles. The first-order valence-corrected chi connectivity index (χ1v) is 7.37. The molecule has 1 N–H and O–H groups in total. The first kappa shape index (κ1) is 13.4. The average molecular weight is 283 g/mol. The summed E-state index contributed by atoms with van der Waals surface area (Å²) in [6, 6.07) is 7.25. The van der Waals surface area contributed by atoms with E-state index in [1.807, 2.05) is 25.3 Å². The van der Waals surface area contributed by atoms with Crippen molar-refractivity contribution in [3.63, 3.8) is 0 Å². The van der Waals surface area contributed by atoms with Gasteiger partial charge in [-0.1, -0.05) is 30.7 Å². The second-order valence-electron chi connectivity index (χ2n) is 4.31. The van der Waals surface area contributed by atoms with E-state index in [0.29, 0.717) is 10.7 Å². The van der Waals surface area contributed by atoms with Crippen LogP contribution in [0.3, 0.4) is 0 Å². The van der Waals surface area contributed by atoms with Gasteiger partial charge in [-0.3, -0.25) is 9.79 Å². The van der Waals surface area contributed by atoms with E-state index >= 15 is 0 Å². The Labute approximate surface area is 116 Å². The highest BCUT2D eigenvalue weighted by Crippen LogP contribution is 2.29. The van der Waals surface area contributed by atoms with Gasteiger partial charge in [0.05, 0.1) is 21.7 Å². The lowest BCUT2D eigenvalue weighted by Gasteiger charge is -2.17. The third-order valence-electron chi connectivity index (χ3n) is 2.99. The minimum Gasteiger partial charge on any atom is -0.324 e. The number of carbonyl (C=O) groups excluding carboxylic acids is 1. The molecule has 2 rings (SSSR count). The molecule has 1 aromatic rings. The van der Waals surface area contributed by atoms with Gasteiger partial charge in [-0.2, -0.15) is 0 Å². The molecule has 0 bridgehead atoms. The number of nitrogens with zero attached hydrogens (tertiary/aromatic N) is 1. The molecule has 5 heteroatoms. The third-order valence-corrected chi connectivity index (χ3v) is 4.12. The molecule has 3 nitrogen and oxygen atoms in total. The lowest BCUT2D eigenvalue weighted by Crippen LogP contribution is -2.30. The number of rotatable bonds is 2. The van der Waals surface area contributed by atoms with E-state index in [9.17, 15) is 4.79 Å². The van der Waals surface area contributed by atoms with Crippen LogP contribution < -0.4 is 5.32 Å². The molecule has 1 aromatic carbocycles. The monoisotopic (exact) mass is 282 g/mol. The summed E-state index contributed by atoms with van der Waals surface area (Å²) < 4.78 is 0. The van der Waals surface area contributed by atoms with Gasteiger partial charge in [0.15, 0.2) is 0 Å². The summed E-state index contributed by atoms with van der Waals surface area (Å²) in [6.07, 6.45) is 1.95. The van der Waals surface area contributed by atoms with E-state index in [0.717, 1.165) is 11.6 Å². The lowest BCUT2D eigenvalue weighted by atomic mass is 9.97. The van der Waals surface area contributed by atoms with Crippen molar-refractivity contribution < 1.29 is 4.79 Å². The maximum absolute atomic E-state index is 12.3. The molecular formula is C13H15ClN2OS. The van der Waals surface area contributed by atoms with Crippen molar-refractivity contribution in [2.75, 3.05) is 18.1 Å². The fourth-order valence-corrected chi connectivity index (χ4v) is 3.00. The summed E-state index contributed by atoms with van der Waals surface area (Å²) >= 11 is 7.58. The lowest BCUT2D eigenvalue weighted by molar-refractivity contribution is -0.118. The average Bonchev–Trinajstić information content (AvgIpc) is 2.73. The van der Waals surface area contributed by atoms with E-state index in [2.05, 4.69) is 10.3 Å². The standard InChI is InChI=1S/C13H15ClN2OS/c1-8-7-15-13(18-2)11(8)12(17)16-10-6-4-3-5-9(10)14/h3-6,8,11H,7H2,1-2H3,(H,16,17). The molecule has 0 spiro atoms. The Morgan fingerprint density at radius 3 is 2.89 bits per heavy atom. The Morgan fingerprint density at radius 1 is 1.50 bits per heavy atom. The first-order chi connectivity index (χ1) is 8.63. The van der Waals surface area contributed by atoms with Crippen molar-refractivity contribution in [1.82, 2.24) is 0 Å². The Balaban J connectivity index is 2.13. The largest absolute Gasteiger partial charge is 0.324 e. The van der Waals surface area contributed by atoms with E-state index < -0.39 is 0 Å². The zero-order chi connectivity index (χ0) is 13.1. The second-order valence-corrected chi connectivity index (χ2v) is 5.54. The number of para-hydroxylation sites is 1. The van der Waals surface area contributed by atoms with Crippen LogP contribution in [0.2, 0.25) is 5.02 Å². The molecule has 0 fully saturated rings. The van der Waals surface area contributed by atoms with Gasteiger partial charge in [0.25, 0.3) is 0 Å². The van der Waals surface area contributed by atoms with Crippen LogP contribution in [0.1, 0.15) is 6.92 Å². The summed E-state index contributed by atoms with van der Waals surface area (Å²) in [5.41, 5.74) is 0.656. The summed E-state index contributed by atoms with van der Waals surface area (Å²) in [5, 5.41) is 4.35. The Morgan fingerprint density at radius 2 is 2.22 bits per heavy atom. The number of benzene rings is 1. The van der Waals surface area contributed by atoms with Crippen LogP contribution in [-0.4, -0.2) is 23.8 Å². The Kier molecular flexibility index (Phi) is 4.30. The van der Waals surface area contributed by atoms with Gasteiger partial charge >= 0.3 is 0 Å². The molecule has 2 atom stereocenters. The van der Waals surface area contributed by atoms with Crippen LogP contribution in [0, 0.1) is 11.8 Å². The number of hydrogen-bond donors (Lipinski definition) is 1. The molecule has 0 saturated carbocycles. The van der Waals surface area contributed by atoms with Crippen LogP contribution in [-0.2, 0) is 4.79 Å². The van der Waals surface area contributed by atoms with Crippen LogP contribution in [0.15, 0.2) is 29.3 Å². The maximum Gasteiger partial charge on any atom is 0.234 e. The summed E-state index contributed by atoms with van der Waals surface area (Å²) in [4.78, 5) is 16.7. The number of nitrogens with one attached hydrogen (secondary N) is 1. The van der Waals surface area contributed by atoms with Crippen molar-refractivity contribution in [2.24, 2.45) is 16.8 Å². The quantitative estimate of drug-likeness (QED) is 0.904. The number of anilines is 1. The molecule has 0 saturated heterocycles.